The van der Waals surface area contributed by atoms with Crippen LogP contribution in [-0.2, 0) is 14.3 Å². The molecule has 0 radical (unpaired) electrons. The lowest BCUT2D eigenvalue weighted by Crippen LogP contribution is -2.39. The minimum Gasteiger partial charge on any atom is -0.466 e. The van der Waals surface area contributed by atoms with Crippen LogP contribution in [0.2, 0.25) is 0 Å². The topological polar surface area (TPSA) is 87.0 Å². The molecule has 9 heteroatoms. The van der Waals surface area contributed by atoms with Gasteiger partial charge in [-0.2, -0.15) is 0 Å². The van der Waals surface area contributed by atoms with Crippen molar-refractivity contribution in [2.75, 3.05) is 14.2 Å². The molecule has 0 fully saturated rings. The highest BCUT2D eigenvalue weighted by Crippen LogP contribution is 2.32. The SMILES string of the molecule is COC(=O)C1=C(C)N=c2sc(=Cc3ccc(C(=O)OC)cc3)c(=O)n2C1c1cccs1. The number of thiazole rings is 1. The number of methoxy groups -OCH3 is 2. The summed E-state index contributed by atoms with van der Waals surface area (Å²) in [6.45, 7) is 1.75. The largest absolute Gasteiger partial charge is 0.466 e. The number of allylic oxidation sites excluding steroid dienone is 1. The molecule has 0 N–H and O–H groups in total. The van der Waals surface area contributed by atoms with E-state index < -0.39 is 18.0 Å². The lowest BCUT2D eigenvalue weighted by Gasteiger charge is -2.22. The summed E-state index contributed by atoms with van der Waals surface area (Å²) < 4.78 is 11.7. The third-order valence-corrected chi connectivity index (χ3v) is 6.78. The molecule has 0 amide bonds. The van der Waals surface area contributed by atoms with Crippen molar-refractivity contribution in [2.45, 2.75) is 13.0 Å². The number of aromatic nitrogens is 1. The smallest absolute Gasteiger partial charge is 0.338 e. The number of carbonyl (C=O) groups excluding carboxylic acids is 2. The van der Waals surface area contributed by atoms with Gasteiger partial charge in [0.15, 0.2) is 4.80 Å². The predicted octanol–water partition coefficient (Wildman–Crippen LogP) is 2.26. The maximum atomic E-state index is 13.3. The van der Waals surface area contributed by atoms with E-state index in [9.17, 15) is 14.4 Å². The summed E-state index contributed by atoms with van der Waals surface area (Å²) in [5.41, 5.74) is 1.83. The lowest BCUT2D eigenvalue weighted by molar-refractivity contribution is -0.136. The van der Waals surface area contributed by atoms with E-state index >= 15 is 0 Å². The molecule has 7 nitrogen and oxygen atoms in total. The van der Waals surface area contributed by atoms with E-state index in [-0.39, 0.29) is 5.56 Å². The van der Waals surface area contributed by atoms with Gasteiger partial charge in [-0.3, -0.25) is 9.36 Å². The van der Waals surface area contributed by atoms with Gasteiger partial charge in [0, 0.05) is 4.88 Å². The fourth-order valence-electron chi connectivity index (χ4n) is 3.39. The Hall–Kier alpha value is -3.30. The number of fused-ring (bicyclic) bond motifs is 1. The van der Waals surface area contributed by atoms with Gasteiger partial charge >= 0.3 is 11.9 Å². The molecule has 0 bridgehead atoms. The Balaban J connectivity index is 1.87. The second-order valence-corrected chi connectivity index (χ2v) is 8.69. The highest BCUT2D eigenvalue weighted by atomic mass is 32.1. The quantitative estimate of drug-likeness (QED) is 0.565. The predicted molar refractivity (Wildman–Crippen MR) is 118 cm³/mol. The summed E-state index contributed by atoms with van der Waals surface area (Å²) in [6, 6.07) is 9.94. The maximum absolute atomic E-state index is 13.3. The highest BCUT2D eigenvalue weighted by Gasteiger charge is 2.33. The van der Waals surface area contributed by atoms with Crippen LogP contribution in [0.3, 0.4) is 0 Å². The third kappa shape index (κ3) is 3.77. The van der Waals surface area contributed by atoms with Crippen LogP contribution in [0.5, 0.6) is 0 Å². The van der Waals surface area contributed by atoms with Crippen molar-refractivity contribution in [2.24, 2.45) is 4.99 Å². The Morgan fingerprint density at radius 2 is 1.81 bits per heavy atom. The van der Waals surface area contributed by atoms with E-state index in [0.717, 1.165) is 10.4 Å². The molecule has 3 heterocycles. The Labute approximate surface area is 185 Å². The Kier molecular flexibility index (Phi) is 5.71. The Morgan fingerprint density at radius 3 is 2.42 bits per heavy atom. The molecular weight excluding hydrogens is 436 g/mol. The van der Waals surface area contributed by atoms with Crippen LogP contribution in [0.15, 0.2) is 62.8 Å². The van der Waals surface area contributed by atoms with Gasteiger partial charge in [-0.1, -0.05) is 29.5 Å². The van der Waals surface area contributed by atoms with Gasteiger partial charge in [0.2, 0.25) is 0 Å². The van der Waals surface area contributed by atoms with Crippen molar-refractivity contribution in [3.8, 4) is 0 Å². The standard InChI is InChI=1S/C22H18N2O5S2/c1-12-17(21(27)29-3)18(15-5-4-10-30-15)24-19(25)16(31-22(24)23-12)11-13-6-8-14(9-7-13)20(26)28-2/h4-11,18H,1-3H3. The van der Waals surface area contributed by atoms with Crippen molar-refractivity contribution in [1.82, 2.24) is 4.57 Å². The minimum atomic E-state index is -0.590. The minimum absolute atomic E-state index is 0.243. The number of thiophene rings is 1. The van der Waals surface area contributed by atoms with Gasteiger partial charge in [-0.05, 0) is 42.1 Å². The number of hydrogen-bond acceptors (Lipinski definition) is 8. The van der Waals surface area contributed by atoms with E-state index in [1.807, 2.05) is 17.5 Å². The molecule has 2 aromatic heterocycles. The van der Waals surface area contributed by atoms with Crippen LogP contribution in [-0.4, -0.2) is 30.7 Å². The molecule has 1 unspecified atom stereocenters. The van der Waals surface area contributed by atoms with Gasteiger partial charge in [-0.25, -0.2) is 14.6 Å². The maximum Gasteiger partial charge on any atom is 0.338 e. The molecule has 1 atom stereocenters. The van der Waals surface area contributed by atoms with E-state index in [2.05, 4.69) is 4.99 Å². The monoisotopic (exact) mass is 454 g/mol. The Morgan fingerprint density at radius 1 is 1.10 bits per heavy atom. The average molecular weight is 455 g/mol. The van der Waals surface area contributed by atoms with Crippen LogP contribution in [0.1, 0.15) is 33.8 Å². The molecule has 3 aromatic rings. The van der Waals surface area contributed by atoms with Crippen LogP contribution in [0.4, 0.5) is 0 Å². The zero-order chi connectivity index (χ0) is 22.1. The molecule has 31 heavy (non-hydrogen) atoms. The molecule has 0 aliphatic carbocycles. The molecule has 1 aliphatic heterocycles. The van der Waals surface area contributed by atoms with Crippen LogP contribution < -0.4 is 14.9 Å². The second-order valence-electron chi connectivity index (χ2n) is 6.70. The summed E-state index contributed by atoms with van der Waals surface area (Å²) in [5.74, 6) is -0.931. The lowest BCUT2D eigenvalue weighted by atomic mass is 10.0. The zero-order valence-corrected chi connectivity index (χ0v) is 18.6. The number of benzene rings is 1. The Bertz CT molecular complexity index is 1360. The summed E-state index contributed by atoms with van der Waals surface area (Å²) >= 11 is 2.72. The van der Waals surface area contributed by atoms with E-state index in [0.29, 0.717) is 26.2 Å². The number of rotatable bonds is 4. The first-order chi connectivity index (χ1) is 14.9. The summed E-state index contributed by atoms with van der Waals surface area (Å²) in [5, 5.41) is 1.90. The van der Waals surface area contributed by atoms with Gasteiger partial charge in [0.1, 0.15) is 6.04 Å². The first-order valence-electron chi connectivity index (χ1n) is 9.27. The number of carbonyl (C=O) groups is 2. The number of ether oxygens (including phenoxy) is 2. The molecule has 4 rings (SSSR count). The van der Waals surface area contributed by atoms with E-state index in [1.165, 1.54) is 36.9 Å². The number of hydrogen-bond donors (Lipinski definition) is 0. The van der Waals surface area contributed by atoms with E-state index in [4.69, 9.17) is 9.47 Å². The van der Waals surface area contributed by atoms with Gasteiger partial charge in [0.05, 0.1) is 35.6 Å². The highest BCUT2D eigenvalue weighted by molar-refractivity contribution is 7.10. The van der Waals surface area contributed by atoms with E-state index in [1.54, 1.807) is 41.8 Å². The molecule has 0 spiro atoms. The van der Waals surface area contributed by atoms with Crippen LogP contribution >= 0.6 is 22.7 Å². The summed E-state index contributed by atoms with van der Waals surface area (Å²) in [7, 11) is 2.64. The molecule has 1 aliphatic rings. The summed E-state index contributed by atoms with van der Waals surface area (Å²) in [4.78, 5) is 43.4. The van der Waals surface area contributed by atoms with Crippen molar-refractivity contribution < 1.29 is 19.1 Å². The molecular formula is C22H18N2O5S2. The second kappa shape index (κ2) is 8.44. The van der Waals surface area contributed by atoms with Gasteiger partial charge in [-0.15, -0.1) is 11.3 Å². The summed E-state index contributed by atoms with van der Waals surface area (Å²) in [6.07, 6.45) is 1.74. The van der Waals surface area contributed by atoms with Crippen LogP contribution in [0, 0.1) is 0 Å². The molecule has 1 aromatic carbocycles. The number of nitrogens with zero attached hydrogens (tertiary/aromatic N) is 2. The fraction of sp³-hybridized carbons (Fsp3) is 0.182. The van der Waals surface area contributed by atoms with Crippen molar-refractivity contribution in [3.05, 3.63) is 88.7 Å². The van der Waals surface area contributed by atoms with Crippen molar-refractivity contribution in [1.29, 1.82) is 0 Å². The average Bonchev–Trinajstić information content (AvgIpc) is 3.41. The molecule has 158 valence electrons. The number of esters is 2. The van der Waals surface area contributed by atoms with Crippen LogP contribution in [0.25, 0.3) is 6.08 Å². The fourth-order valence-corrected chi connectivity index (χ4v) is 5.26. The third-order valence-electron chi connectivity index (χ3n) is 4.87. The van der Waals surface area contributed by atoms with Gasteiger partial charge in [0.25, 0.3) is 5.56 Å². The van der Waals surface area contributed by atoms with Gasteiger partial charge < -0.3 is 9.47 Å². The van der Waals surface area contributed by atoms with Crippen molar-refractivity contribution in [3.63, 3.8) is 0 Å². The molecule has 0 saturated heterocycles. The zero-order valence-electron chi connectivity index (χ0n) is 16.9. The first-order valence-corrected chi connectivity index (χ1v) is 11.0. The van der Waals surface area contributed by atoms with Crippen molar-refractivity contribution >= 4 is 40.7 Å². The normalized spacial score (nSPS) is 16.0. The first kappa shape index (κ1) is 21.0. The molecule has 0 saturated carbocycles.